The molecular formula is C24H23Cl2OZr. The van der Waals surface area contributed by atoms with E-state index in [0.29, 0.717) is 0 Å². The van der Waals surface area contributed by atoms with E-state index in [1.54, 1.807) is 0 Å². The Labute approximate surface area is 198 Å². The number of hydrogen-bond donors (Lipinski definition) is 0. The summed E-state index contributed by atoms with van der Waals surface area (Å²) < 4.78 is 5.84. The minimum atomic E-state index is 0. The van der Waals surface area contributed by atoms with Gasteiger partial charge in [-0.1, -0.05) is 46.0 Å². The molecule has 0 aliphatic carbocycles. The molecule has 28 heavy (non-hydrogen) atoms. The topological polar surface area (TPSA) is 13.1 Å². The molecule has 0 amide bonds. The van der Waals surface area contributed by atoms with E-state index in [9.17, 15) is 0 Å². The van der Waals surface area contributed by atoms with Crippen LogP contribution in [0.5, 0.6) is 0 Å². The molecule has 0 saturated carbocycles. The fourth-order valence-corrected chi connectivity index (χ4v) is 3.83. The molecule has 4 heteroatoms. The van der Waals surface area contributed by atoms with Crippen LogP contribution in [0.1, 0.15) is 28.0 Å². The first-order valence-electron chi connectivity index (χ1n) is 8.78. The Hall–Kier alpha value is -1.21. The van der Waals surface area contributed by atoms with Crippen LogP contribution in [0, 0.1) is 34.6 Å². The van der Waals surface area contributed by atoms with Crippen LogP contribution in [0.4, 0.5) is 0 Å². The molecule has 3 aromatic carbocycles. The van der Waals surface area contributed by atoms with Crippen LogP contribution in [0.25, 0.3) is 33.2 Å². The molecule has 0 aliphatic heterocycles. The molecule has 4 aromatic rings. The van der Waals surface area contributed by atoms with Gasteiger partial charge in [0.25, 0.3) is 0 Å². The molecule has 0 atom stereocenters. The first kappa shape index (κ1) is 24.8. The predicted molar refractivity (Wildman–Crippen MR) is 106 cm³/mol. The van der Waals surface area contributed by atoms with Gasteiger partial charge in [0, 0.05) is 0 Å². The van der Waals surface area contributed by atoms with Gasteiger partial charge in [-0.25, -0.2) is 0 Å². The van der Waals surface area contributed by atoms with Crippen molar-refractivity contribution in [1.82, 2.24) is 0 Å². The van der Waals surface area contributed by atoms with Gasteiger partial charge in [-0.05, 0) is 57.9 Å². The minimum absolute atomic E-state index is 0. The third-order valence-electron chi connectivity index (χ3n) is 5.06. The van der Waals surface area contributed by atoms with Crippen LogP contribution >= 0.6 is 0 Å². The Bertz CT molecular complexity index is 1090. The van der Waals surface area contributed by atoms with E-state index in [0.717, 1.165) is 17.1 Å². The Kier molecular flexibility index (Phi) is 8.45. The first-order chi connectivity index (χ1) is 11.9. The number of aryl methyl sites for hydroxylation is 4. The average molecular weight is 490 g/mol. The SMILES string of the molecule is Cc1cc(C)cc(-c2c(C)c(C)cc3[cH-]c(-c4ccc(C)o4)cc23)c1.[Cl-].[Cl-].[Zr+3]. The van der Waals surface area contributed by atoms with Gasteiger partial charge in [-0.15, -0.1) is 29.0 Å². The fourth-order valence-electron chi connectivity index (χ4n) is 3.83. The van der Waals surface area contributed by atoms with Crippen molar-refractivity contribution in [1.29, 1.82) is 0 Å². The van der Waals surface area contributed by atoms with Gasteiger partial charge in [0.15, 0.2) is 0 Å². The number of halogens is 2. The van der Waals surface area contributed by atoms with E-state index in [4.69, 9.17) is 4.42 Å². The van der Waals surface area contributed by atoms with Crippen LogP contribution in [0.15, 0.2) is 52.9 Å². The van der Waals surface area contributed by atoms with Crippen molar-refractivity contribution in [3.05, 3.63) is 76.5 Å². The molecular weight excluding hydrogens is 466 g/mol. The van der Waals surface area contributed by atoms with E-state index >= 15 is 0 Å². The molecule has 0 unspecified atom stereocenters. The first-order valence-corrected chi connectivity index (χ1v) is 8.78. The van der Waals surface area contributed by atoms with E-state index < -0.39 is 0 Å². The maximum absolute atomic E-state index is 5.84. The zero-order valence-corrected chi connectivity index (χ0v) is 20.8. The van der Waals surface area contributed by atoms with Crippen LogP contribution in [0.2, 0.25) is 0 Å². The summed E-state index contributed by atoms with van der Waals surface area (Å²) in [5, 5.41) is 2.58. The van der Waals surface area contributed by atoms with E-state index in [1.165, 1.54) is 44.2 Å². The van der Waals surface area contributed by atoms with Gasteiger partial charge in [0.2, 0.25) is 0 Å². The fraction of sp³-hybridized carbons (Fsp3) is 0.208. The van der Waals surface area contributed by atoms with Crippen molar-refractivity contribution >= 4 is 10.8 Å². The summed E-state index contributed by atoms with van der Waals surface area (Å²) in [5.74, 6) is 1.89. The molecule has 1 radical (unpaired) electrons. The molecule has 1 heterocycles. The van der Waals surface area contributed by atoms with Gasteiger partial charge in [-0.3, -0.25) is 0 Å². The molecule has 4 rings (SSSR count). The van der Waals surface area contributed by atoms with Crippen LogP contribution < -0.4 is 24.8 Å². The number of furan rings is 1. The molecule has 143 valence electrons. The largest absolute Gasteiger partial charge is 3.00 e. The van der Waals surface area contributed by atoms with E-state index in [1.807, 2.05) is 13.0 Å². The second-order valence-corrected chi connectivity index (χ2v) is 7.23. The predicted octanol–water partition coefficient (Wildman–Crippen LogP) is 1.03. The molecule has 0 spiro atoms. The Morgan fingerprint density at radius 1 is 0.786 bits per heavy atom. The normalized spacial score (nSPS) is 10.2. The summed E-state index contributed by atoms with van der Waals surface area (Å²) in [7, 11) is 0. The molecule has 0 bridgehead atoms. The summed E-state index contributed by atoms with van der Waals surface area (Å²) in [6.07, 6.45) is 0. The monoisotopic (exact) mass is 487 g/mol. The van der Waals surface area contributed by atoms with Crippen LogP contribution in [-0.4, -0.2) is 0 Å². The maximum Gasteiger partial charge on any atom is 3.00 e. The standard InChI is InChI=1S/C24H23O.2ClH.Zr/c1-14-8-15(2)10-21(9-14)24-18(5)16(3)11-19-12-20(13-22(19)24)23-7-6-17(4)25-23;;;/h6-13H,1-5H3;2*1H;/q-1;;;+3/p-2. The average Bonchev–Trinajstić information content (AvgIpc) is 3.13. The summed E-state index contributed by atoms with van der Waals surface area (Å²) in [6.45, 7) is 10.7. The zero-order chi connectivity index (χ0) is 17.7. The minimum Gasteiger partial charge on any atom is -1.00 e. The van der Waals surface area contributed by atoms with Crippen molar-refractivity contribution < 1.29 is 55.4 Å². The van der Waals surface area contributed by atoms with Crippen molar-refractivity contribution in [2.75, 3.05) is 0 Å². The van der Waals surface area contributed by atoms with Gasteiger partial charge in [0.05, 0.1) is 11.5 Å². The Morgan fingerprint density at radius 3 is 2.00 bits per heavy atom. The second-order valence-electron chi connectivity index (χ2n) is 7.23. The quantitative estimate of drug-likeness (QED) is 0.384. The zero-order valence-electron chi connectivity index (χ0n) is 16.8. The smallest absolute Gasteiger partial charge is 1.00 e. The molecule has 0 N–H and O–H groups in total. The summed E-state index contributed by atoms with van der Waals surface area (Å²) in [6, 6.07) is 17.7. The number of fused-ring (bicyclic) bond motifs is 1. The molecule has 0 aliphatic rings. The van der Waals surface area contributed by atoms with Crippen molar-refractivity contribution in [3.63, 3.8) is 0 Å². The maximum atomic E-state index is 5.84. The van der Waals surface area contributed by atoms with Crippen LogP contribution in [-0.2, 0) is 26.2 Å². The second kappa shape index (κ2) is 9.53. The summed E-state index contributed by atoms with van der Waals surface area (Å²) >= 11 is 0. The van der Waals surface area contributed by atoms with E-state index in [2.05, 4.69) is 70.2 Å². The van der Waals surface area contributed by atoms with E-state index in [-0.39, 0.29) is 51.0 Å². The molecule has 1 aromatic heterocycles. The van der Waals surface area contributed by atoms with Gasteiger partial charge >= 0.3 is 26.2 Å². The van der Waals surface area contributed by atoms with Gasteiger partial charge < -0.3 is 29.2 Å². The Morgan fingerprint density at radius 2 is 1.43 bits per heavy atom. The third-order valence-corrected chi connectivity index (χ3v) is 5.06. The van der Waals surface area contributed by atoms with Gasteiger partial charge in [-0.2, -0.15) is 0 Å². The number of benzene rings is 2. The Balaban J connectivity index is 0.00000131. The van der Waals surface area contributed by atoms with Crippen LogP contribution in [0.3, 0.4) is 0 Å². The molecule has 0 fully saturated rings. The molecule has 1 nitrogen and oxygen atoms in total. The number of rotatable bonds is 2. The third kappa shape index (κ3) is 4.51. The summed E-state index contributed by atoms with van der Waals surface area (Å²) in [4.78, 5) is 0. The molecule has 0 saturated heterocycles. The summed E-state index contributed by atoms with van der Waals surface area (Å²) in [5.41, 5.74) is 9.08. The number of hydrogen-bond acceptors (Lipinski definition) is 1. The van der Waals surface area contributed by atoms with Crippen molar-refractivity contribution in [2.45, 2.75) is 34.6 Å². The van der Waals surface area contributed by atoms with Gasteiger partial charge in [0.1, 0.15) is 0 Å². The van der Waals surface area contributed by atoms with Crippen molar-refractivity contribution in [2.24, 2.45) is 0 Å². The van der Waals surface area contributed by atoms with Crippen molar-refractivity contribution in [3.8, 4) is 22.5 Å².